The van der Waals surface area contributed by atoms with E-state index in [4.69, 9.17) is 0 Å². The Balaban J connectivity index is 2.13. The highest BCUT2D eigenvalue weighted by atomic mass is 32.2. The van der Waals surface area contributed by atoms with Gasteiger partial charge in [0.1, 0.15) is 0 Å². The van der Waals surface area contributed by atoms with Crippen LogP contribution in [0, 0.1) is 17.8 Å². The molecule has 2 aliphatic rings. The van der Waals surface area contributed by atoms with E-state index in [1.807, 2.05) is 0 Å². The van der Waals surface area contributed by atoms with Crippen LogP contribution in [0.1, 0.15) is 47.0 Å². The van der Waals surface area contributed by atoms with Gasteiger partial charge < -0.3 is 0 Å². The van der Waals surface area contributed by atoms with Crippen LogP contribution in [-0.4, -0.2) is 10.00 Å². The summed E-state index contributed by atoms with van der Waals surface area (Å²) >= 11 is 2.32. The van der Waals surface area contributed by atoms with E-state index in [2.05, 4.69) is 39.5 Å². The first-order chi connectivity index (χ1) is 6.05. The molecule has 0 nitrogen and oxygen atoms in total. The monoisotopic (exact) mass is 198 g/mol. The molecule has 3 atom stereocenters. The Labute approximate surface area is 86.9 Å². The maximum atomic E-state index is 2.41. The maximum absolute atomic E-state index is 2.41. The molecule has 0 amide bonds. The summed E-state index contributed by atoms with van der Waals surface area (Å²) in [5, 5.41) is 1.00. The summed E-state index contributed by atoms with van der Waals surface area (Å²) in [6, 6.07) is 0. The lowest BCUT2D eigenvalue weighted by Gasteiger charge is -2.33. The first kappa shape index (κ1) is 9.89. The van der Waals surface area contributed by atoms with Crippen molar-refractivity contribution in [1.29, 1.82) is 0 Å². The molecule has 0 aromatic carbocycles. The smallest absolute Gasteiger partial charge is 0.0189 e. The van der Waals surface area contributed by atoms with Crippen molar-refractivity contribution < 1.29 is 0 Å². The first-order valence-corrected chi connectivity index (χ1v) is 6.61. The molecule has 0 N–H and O–H groups in total. The Kier molecular flexibility index (Phi) is 2.42. The van der Waals surface area contributed by atoms with E-state index >= 15 is 0 Å². The van der Waals surface area contributed by atoms with Crippen LogP contribution in [0.2, 0.25) is 0 Å². The fraction of sp³-hybridized carbons (Fsp3) is 1.00. The summed E-state index contributed by atoms with van der Waals surface area (Å²) in [4.78, 5) is 0. The van der Waals surface area contributed by atoms with Crippen molar-refractivity contribution in [1.82, 2.24) is 0 Å². The minimum atomic E-state index is 0.680. The minimum Gasteiger partial charge on any atom is -0.151 e. The number of hydrogen-bond donors (Lipinski definition) is 0. The molecule has 0 aliphatic carbocycles. The fourth-order valence-electron chi connectivity index (χ4n) is 3.11. The third kappa shape index (κ3) is 1.44. The normalized spacial score (nSPS) is 43.8. The highest BCUT2D eigenvalue weighted by molar-refractivity contribution is 8.01. The lowest BCUT2D eigenvalue weighted by molar-refractivity contribution is 0.244. The van der Waals surface area contributed by atoms with Crippen LogP contribution in [-0.2, 0) is 0 Å². The molecular formula is C12H22S. The molecule has 0 saturated carbocycles. The predicted octanol–water partition coefficient (Wildman–Crippen LogP) is 3.95. The van der Waals surface area contributed by atoms with Crippen LogP contribution < -0.4 is 0 Å². The van der Waals surface area contributed by atoms with Crippen molar-refractivity contribution in [2.45, 2.75) is 57.0 Å². The summed E-state index contributed by atoms with van der Waals surface area (Å²) in [5.41, 5.74) is 0. The summed E-state index contributed by atoms with van der Waals surface area (Å²) < 4.78 is 0.680. The van der Waals surface area contributed by atoms with E-state index in [0.29, 0.717) is 4.75 Å². The van der Waals surface area contributed by atoms with E-state index in [1.54, 1.807) is 0 Å². The van der Waals surface area contributed by atoms with E-state index in [1.165, 1.54) is 19.3 Å². The van der Waals surface area contributed by atoms with Crippen LogP contribution >= 0.6 is 11.8 Å². The molecule has 1 heteroatoms. The van der Waals surface area contributed by atoms with Gasteiger partial charge in [0.25, 0.3) is 0 Å². The van der Waals surface area contributed by atoms with E-state index < -0.39 is 0 Å². The Bertz CT molecular complexity index is 197. The fourth-order valence-corrected chi connectivity index (χ4v) is 5.33. The molecule has 2 heterocycles. The Morgan fingerprint density at radius 1 is 1.23 bits per heavy atom. The number of rotatable bonds is 2. The minimum absolute atomic E-state index is 0.680. The maximum Gasteiger partial charge on any atom is 0.0189 e. The molecule has 76 valence electrons. The molecule has 0 aromatic rings. The molecule has 2 saturated heterocycles. The van der Waals surface area contributed by atoms with Gasteiger partial charge in [0, 0.05) is 10.00 Å². The van der Waals surface area contributed by atoms with Gasteiger partial charge in [-0.05, 0) is 37.0 Å². The molecule has 2 bridgehead atoms. The standard InChI is InChI=1S/C12H22S/c1-8(2)10-7-12(9(3)4)6-5-11(10)13-12/h8-11H,5-7H2,1-4H3. The van der Waals surface area contributed by atoms with Crippen molar-refractivity contribution in [3.8, 4) is 0 Å². The molecule has 0 spiro atoms. The van der Waals surface area contributed by atoms with Crippen LogP contribution in [0.25, 0.3) is 0 Å². The lowest BCUT2D eigenvalue weighted by Crippen LogP contribution is -2.31. The van der Waals surface area contributed by atoms with Gasteiger partial charge in [-0.25, -0.2) is 0 Å². The first-order valence-electron chi connectivity index (χ1n) is 5.73. The van der Waals surface area contributed by atoms with Crippen LogP contribution in [0.5, 0.6) is 0 Å². The second-order valence-electron chi connectivity index (χ2n) is 5.53. The highest BCUT2D eigenvalue weighted by Gasteiger charge is 2.53. The molecule has 2 rings (SSSR count). The SMILES string of the molecule is CC(C)C1CC2(C(C)C)CCC1S2. The van der Waals surface area contributed by atoms with Gasteiger partial charge >= 0.3 is 0 Å². The lowest BCUT2D eigenvalue weighted by atomic mass is 9.72. The van der Waals surface area contributed by atoms with Crippen LogP contribution in [0.15, 0.2) is 0 Å². The average molecular weight is 198 g/mol. The number of thioether (sulfide) groups is 1. The zero-order valence-corrected chi connectivity index (χ0v) is 10.2. The second kappa shape index (κ2) is 3.18. The molecule has 3 unspecified atom stereocenters. The number of hydrogen-bond acceptors (Lipinski definition) is 1. The average Bonchev–Trinajstić information content (AvgIpc) is 2.60. The van der Waals surface area contributed by atoms with Gasteiger partial charge in [-0.15, -0.1) is 0 Å². The third-order valence-corrected chi connectivity index (χ3v) is 6.41. The highest BCUT2D eigenvalue weighted by Crippen LogP contribution is 2.61. The summed E-state index contributed by atoms with van der Waals surface area (Å²) in [5.74, 6) is 2.80. The van der Waals surface area contributed by atoms with Gasteiger partial charge in [0.05, 0.1) is 0 Å². The van der Waals surface area contributed by atoms with Crippen LogP contribution in [0.4, 0.5) is 0 Å². The third-order valence-electron chi connectivity index (χ3n) is 4.21. The quantitative estimate of drug-likeness (QED) is 0.647. The van der Waals surface area contributed by atoms with Gasteiger partial charge in [-0.2, -0.15) is 11.8 Å². The van der Waals surface area contributed by atoms with Gasteiger partial charge in [0.2, 0.25) is 0 Å². The molecule has 2 fully saturated rings. The zero-order chi connectivity index (χ0) is 9.64. The van der Waals surface area contributed by atoms with Gasteiger partial charge in [0.15, 0.2) is 0 Å². The van der Waals surface area contributed by atoms with E-state index in [-0.39, 0.29) is 0 Å². The van der Waals surface area contributed by atoms with Crippen molar-refractivity contribution in [3.63, 3.8) is 0 Å². The molecule has 2 aliphatic heterocycles. The van der Waals surface area contributed by atoms with Crippen molar-refractivity contribution >= 4 is 11.8 Å². The molecule has 13 heavy (non-hydrogen) atoms. The van der Waals surface area contributed by atoms with Crippen molar-refractivity contribution in [2.75, 3.05) is 0 Å². The van der Waals surface area contributed by atoms with Crippen LogP contribution in [0.3, 0.4) is 0 Å². The van der Waals surface area contributed by atoms with Crippen molar-refractivity contribution in [2.24, 2.45) is 17.8 Å². The largest absolute Gasteiger partial charge is 0.151 e. The van der Waals surface area contributed by atoms with E-state index in [9.17, 15) is 0 Å². The molecular weight excluding hydrogens is 176 g/mol. The summed E-state index contributed by atoms with van der Waals surface area (Å²) in [6.45, 7) is 9.64. The van der Waals surface area contributed by atoms with Gasteiger partial charge in [-0.3, -0.25) is 0 Å². The molecule has 0 radical (unpaired) electrons. The molecule has 0 aromatic heterocycles. The Hall–Kier alpha value is 0.350. The topological polar surface area (TPSA) is 0 Å². The summed E-state index contributed by atoms with van der Waals surface area (Å²) in [7, 11) is 0. The van der Waals surface area contributed by atoms with Crippen molar-refractivity contribution in [3.05, 3.63) is 0 Å². The Morgan fingerprint density at radius 3 is 2.31 bits per heavy atom. The number of fused-ring (bicyclic) bond motifs is 2. The zero-order valence-electron chi connectivity index (χ0n) is 9.34. The summed E-state index contributed by atoms with van der Waals surface area (Å²) in [6.07, 6.45) is 4.48. The van der Waals surface area contributed by atoms with E-state index in [0.717, 1.165) is 23.0 Å². The Morgan fingerprint density at radius 2 is 1.92 bits per heavy atom. The van der Waals surface area contributed by atoms with Gasteiger partial charge in [-0.1, -0.05) is 27.7 Å². The predicted molar refractivity (Wildman–Crippen MR) is 61.1 cm³/mol. The second-order valence-corrected chi connectivity index (χ2v) is 7.18.